The SMILES string of the molecule is COc1ccc(OC)c(N(CC(=O)N(Cc2ccc(F)cc2)C(Cc2ccccc2)C(=O)NC(C)C)S(=O)(=O)c2ccccc2)c1. The molecule has 11 heteroatoms. The van der Waals surface area contributed by atoms with Gasteiger partial charge < -0.3 is 19.7 Å². The first-order valence-electron chi connectivity index (χ1n) is 14.7. The topological polar surface area (TPSA) is 105 Å². The van der Waals surface area contributed by atoms with Gasteiger partial charge in [0.05, 0.1) is 24.8 Å². The van der Waals surface area contributed by atoms with E-state index in [4.69, 9.17) is 9.47 Å². The number of anilines is 1. The van der Waals surface area contributed by atoms with Gasteiger partial charge in [-0.2, -0.15) is 0 Å². The largest absolute Gasteiger partial charge is 0.497 e. The molecule has 9 nitrogen and oxygen atoms in total. The van der Waals surface area contributed by atoms with Gasteiger partial charge in [0.1, 0.15) is 29.9 Å². The van der Waals surface area contributed by atoms with Crippen molar-refractivity contribution in [2.45, 2.75) is 43.8 Å². The Morgan fingerprint density at radius 1 is 0.826 bits per heavy atom. The first-order chi connectivity index (χ1) is 22.0. The smallest absolute Gasteiger partial charge is 0.264 e. The van der Waals surface area contributed by atoms with Crippen molar-refractivity contribution in [1.29, 1.82) is 0 Å². The number of benzene rings is 4. The molecule has 0 spiro atoms. The standard InChI is InChI=1S/C35H38FN3O6S/c1-25(2)37-35(41)32(21-26-11-7-5-8-12-26)38(23-27-15-17-28(36)18-16-27)34(40)24-39(46(42,43)30-13-9-6-10-14-30)31-22-29(44-3)19-20-33(31)45-4/h5-20,22,25,32H,21,23-24H2,1-4H3,(H,37,41). The molecule has 2 amide bonds. The van der Waals surface area contributed by atoms with Gasteiger partial charge in [0.15, 0.2) is 0 Å². The Hall–Kier alpha value is -4.90. The van der Waals surface area contributed by atoms with Crippen LogP contribution in [0.25, 0.3) is 0 Å². The number of nitrogens with zero attached hydrogens (tertiary/aromatic N) is 2. The van der Waals surface area contributed by atoms with Crippen LogP contribution in [-0.4, -0.2) is 58.0 Å². The molecule has 0 fully saturated rings. The Labute approximate surface area is 269 Å². The van der Waals surface area contributed by atoms with Crippen molar-refractivity contribution in [3.8, 4) is 11.5 Å². The minimum Gasteiger partial charge on any atom is -0.497 e. The summed E-state index contributed by atoms with van der Waals surface area (Å²) < 4.78 is 54.2. The van der Waals surface area contributed by atoms with E-state index in [1.165, 1.54) is 61.6 Å². The Balaban J connectivity index is 1.86. The summed E-state index contributed by atoms with van der Waals surface area (Å²) in [5.74, 6) is -0.987. The molecule has 0 bridgehead atoms. The third-order valence-electron chi connectivity index (χ3n) is 7.23. The van der Waals surface area contributed by atoms with Crippen LogP contribution < -0.4 is 19.1 Å². The summed E-state index contributed by atoms with van der Waals surface area (Å²) in [5, 5.41) is 2.91. The number of methoxy groups -OCH3 is 2. The third kappa shape index (κ3) is 8.42. The van der Waals surface area contributed by atoms with E-state index in [1.54, 1.807) is 30.3 Å². The molecule has 46 heavy (non-hydrogen) atoms. The Morgan fingerprint density at radius 2 is 1.46 bits per heavy atom. The van der Waals surface area contributed by atoms with Gasteiger partial charge >= 0.3 is 0 Å². The quantitative estimate of drug-likeness (QED) is 0.202. The number of carbonyl (C=O) groups excluding carboxylic acids is 2. The van der Waals surface area contributed by atoms with Crippen LogP contribution in [0.15, 0.2) is 108 Å². The highest BCUT2D eigenvalue weighted by Gasteiger charge is 2.36. The lowest BCUT2D eigenvalue weighted by Crippen LogP contribution is -2.54. The maximum Gasteiger partial charge on any atom is 0.264 e. The number of ether oxygens (including phenoxy) is 2. The Bertz CT molecular complexity index is 1720. The number of nitrogens with one attached hydrogen (secondary N) is 1. The molecular weight excluding hydrogens is 609 g/mol. The third-order valence-corrected chi connectivity index (χ3v) is 9.01. The second kappa shape index (κ2) is 15.4. The second-order valence-corrected chi connectivity index (χ2v) is 12.7. The van der Waals surface area contributed by atoms with Gasteiger partial charge in [-0.15, -0.1) is 0 Å². The molecule has 242 valence electrons. The van der Waals surface area contributed by atoms with Crippen molar-refractivity contribution in [1.82, 2.24) is 10.2 Å². The van der Waals surface area contributed by atoms with E-state index in [0.29, 0.717) is 11.3 Å². The molecule has 0 radical (unpaired) electrons. The van der Waals surface area contributed by atoms with Crippen LogP contribution >= 0.6 is 0 Å². The highest BCUT2D eigenvalue weighted by Crippen LogP contribution is 2.36. The van der Waals surface area contributed by atoms with E-state index in [9.17, 15) is 22.4 Å². The molecule has 0 saturated heterocycles. The maximum atomic E-state index is 14.5. The summed E-state index contributed by atoms with van der Waals surface area (Å²) in [6.07, 6.45) is 0.153. The van der Waals surface area contributed by atoms with E-state index < -0.39 is 40.2 Å². The highest BCUT2D eigenvalue weighted by atomic mass is 32.2. The van der Waals surface area contributed by atoms with E-state index in [1.807, 2.05) is 44.2 Å². The zero-order chi connectivity index (χ0) is 33.3. The molecule has 0 aromatic heterocycles. The van der Waals surface area contributed by atoms with E-state index in [2.05, 4.69) is 5.32 Å². The van der Waals surface area contributed by atoms with Gasteiger partial charge in [-0.05, 0) is 61.4 Å². The van der Waals surface area contributed by atoms with Crippen molar-refractivity contribution in [2.24, 2.45) is 0 Å². The van der Waals surface area contributed by atoms with Gasteiger partial charge in [0.2, 0.25) is 11.8 Å². The maximum absolute atomic E-state index is 14.5. The molecule has 1 N–H and O–H groups in total. The fraction of sp³-hybridized carbons (Fsp3) is 0.257. The molecule has 4 aromatic carbocycles. The van der Waals surface area contributed by atoms with Crippen LogP contribution in [-0.2, 0) is 32.6 Å². The summed E-state index contributed by atoms with van der Waals surface area (Å²) in [6.45, 7) is 2.86. The van der Waals surface area contributed by atoms with Crippen LogP contribution in [0.4, 0.5) is 10.1 Å². The lowest BCUT2D eigenvalue weighted by atomic mass is 10.0. The van der Waals surface area contributed by atoms with Gasteiger partial charge in [0, 0.05) is 25.1 Å². The lowest BCUT2D eigenvalue weighted by molar-refractivity contribution is -0.140. The van der Waals surface area contributed by atoms with Crippen molar-refractivity contribution in [3.05, 3.63) is 120 Å². The average molecular weight is 648 g/mol. The average Bonchev–Trinajstić information content (AvgIpc) is 3.06. The minimum absolute atomic E-state index is 0.0452. The number of hydrogen-bond acceptors (Lipinski definition) is 6. The van der Waals surface area contributed by atoms with Crippen molar-refractivity contribution >= 4 is 27.5 Å². The van der Waals surface area contributed by atoms with Crippen LogP contribution in [0, 0.1) is 5.82 Å². The number of amides is 2. The molecule has 1 unspecified atom stereocenters. The first-order valence-corrected chi connectivity index (χ1v) is 16.2. The molecule has 4 aromatic rings. The first kappa shape index (κ1) is 34.0. The molecule has 1 atom stereocenters. The van der Waals surface area contributed by atoms with Crippen LogP contribution in [0.2, 0.25) is 0 Å². The summed E-state index contributed by atoms with van der Waals surface area (Å²) in [4.78, 5) is 29.6. The number of sulfonamides is 1. The predicted molar refractivity (Wildman–Crippen MR) is 175 cm³/mol. The van der Waals surface area contributed by atoms with E-state index in [-0.39, 0.29) is 35.3 Å². The number of hydrogen-bond donors (Lipinski definition) is 1. The zero-order valence-electron chi connectivity index (χ0n) is 26.2. The number of carbonyl (C=O) groups is 2. The molecule has 0 aliphatic carbocycles. The Morgan fingerprint density at radius 3 is 2.04 bits per heavy atom. The molecule has 0 aliphatic rings. The monoisotopic (exact) mass is 647 g/mol. The summed E-state index contributed by atoms with van der Waals surface area (Å²) >= 11 is 0. The number of halogens is 1. The molecule has 0 aliphatic heterocycles. The van der Waals surface area contributed by atoms with Crippen LogP contribution in [0.1, 0.15) is 25.0 Å². The second-order valence-electron chi connectivity index (χ2n) is 10.9. The molecule has 0 saturated carbocycles. The molecular formula is C35H38FN3O6S. The van der Waals surface area contributed by atoms with Gasteiger partial charge in [-0.1, -0.05) is 60.7 Å². The van der Waals surface area contributed by atoms with Crippen LogP contribution in [0.3, 0.4) is 0 Å². The number of rotatable bonds is 14. The minimum atomic E-state index is -4.34. The lowest BCUT2D eigenvalue weighted by Gasteiger charge is -2.34. The zero-order valence-corrected chi connectivity index (χ0v) is 27.0. The van der Waals surface area contributed by atoms with Crippen molar-refractivity contribution < 1.29 is 31.9 Å². The fourth-order valence-corrected chi connectivity index (χ4v) is 6.38. The van der Waals surface area contributed by atoms with Crippen molar-refractivity contribution in [2.75, 3.05) is 25.1 Å². The van der Waals surface area contributed by atoms with Crippen molar-refractivity contribution in [3.63, 3.8) is 0 Å². The van der Waals surface area contributed by atoms with Gasteiger partial charge in [0.25, 0.3) is 10.0 Å². The predicted octanol–water partition coefficient (Wildman–Crippen LogP) is 5.20. The summed E-state index contributed by atoms with van der Waals surface area (Å²) in [6, 6.07) is 25.9. The van der Waals surface area contributed by atoms with Crippen LogP contribution in [0.5, 0.6) is 11.5 Å². The fourth-order valence-electron chi connectivity index (χ4n) is 4.95. The van der Waals surface area contributed by atoms with Gasteiger partial charge in [-0.25, -0.2) is 12.8 Å². The van der Waals surface area contributed by atoms with Gasteiger partial charge in [-0.3, -0.25) is 13.9 Å². The Kier molecular flexibility index (Phi) is 11.4. The van der Waals surface area contributed by atoms with E-state index in [0.717, 1.165) is 9.87 Å². The molecule has 4 rings (SSSR count). The summed E-state index contributed by atoms with van der Waals surface area (Å²) in [7, 11) is -1.50. The highest BCUT2D eigenvalue weighted by molar-refractivity contribution is 7.92. The normalized spacial score (nSPS) is 11.9. The van der Waals surface area contributed by atoms with E-state index >= 15 is 0 Å². The summed E-state index contributed by atoms with van der Waals surface area (Å²) in [5.41, 5.74) is 1.43. The molecule has 0 heterocycles.